The number of aryl methyl sites for hydroxylation is 2. The van der Waals surface area contributed by atoms with Crippen LogP contribution < -0.4 is 5.73 Å². The molecular formula is C15H25N. The van der Waals surface area contributed by atoms with Gasteiger partial charge in [0.1, 0.15) is 0 Å². The molecule has 0 saturated carbocycles. The van der Waals surface area contributed by atoms with E-state index in [4.69, 9.17) is 5.73 Å². The molecule has 1 nitrogen and oxygen atoms in total. The molecule has 2 N–H and O–H groups in total. The lowest BCUT2D eigenvalue weighted by Crippen LogP contribution is -2.29. The summed E-state index contributed by atoms with van der Waals surface area (Å²) in [6, 6.07) is 2.54. The maximum Gasteiger partial charge on any atom is 0.0103 e. The second kappa shape index (κ2) is 5.01. The van der Waals surface area contributed by atoms with Gasteiger partial charge in [-0.25, -0.2) is 0 Å². The Morgan fingerprint density at radius 3 is 1.81 bits per heavy atom. The normalized spacial score (nSPS) is 13.2. The number of nitrogens with two attached hydrogens (primary N) is 1. The third kappa shape index (κ3) is 2.65. The highest BCUT2D eigenvalue weighted by Gasteiger charge is 2.14. The van der Waals surface area contributed by atoms with Crippen molar-refractivity contribution in [3.8, 4) is 0 Å². The van der Waals surface area contributed by atoms with E-state index in [1.807, 2.05) is 0 Å². The Morgan fingerprint density at radius 2 is 1.44 bits per heavy atom. The van der Waals surface area contributed by atoms with Gasteiger partial charge in [0.15, 0.2) is 0 Å². The first-order valence-electron chi connectivity index (χ1n) is 6.16. The van der Waals surface area contributed by atoms with Gasteiger partial charge in [-0.1, -0.05) is 19.9 Å². The number of benzene rings is 1. The lowest BCUT2D eigenvalue weighted by atomic mass is 9.88. The van der Waals surface area contributed by atoms with Crippen molar-refractivity contribution in [1.82, 2.24) is 0 Å². The zero-order valence-electron chi connectivity index (χ0n) is 11.5. The minimum Gasteiger partial charge on any atom is -0.327 e. The smallest absolute Gasteiger partial charge is 0.0103 e. The minimum atomic E-state index is 0.263. The molecule has 0 aliphatic heterocycles. The molecule has 0 saturated heterocycles. The van der Waals surface area contributed by atoms with Gasteiger partial charge in [0, 0.05) is 6.04 Å². The Kier molecular flexibility index (Phi) is 4.15. The second-order valence-electron chi connectivity index (χ2n) is 5.35. The van der Waals surface area contributed by atoms with E-state index in [9.17, 15) is 0 Å². The van der Waals surface area contributed by atoms with Crippen molar-refractivity contribution in [3.63, 3.8) is 0 Å². The van der Waals surface area contributed by atoms with Crippen LogP contribution in [-0.4, -0.2) is 6.04 Å². The van der Waals surface area contributed by atoms with Crippen LogP contribution in [0.15, 0.2) is 6.07 Å². The number of hydrogen-bond acceptors (Lipinski definition) is 1. The summed E-state index contributed by atoms with van der Waals surface area (Å²) in [5.41, 5.74) is 13.2. The zero-order chi connectivity index (χ0) is 12.5. The standard InChI is InChI=1S/C15H25N/c1-9(2)15(16)8-14-12(5)10(3)7-11(4)13(14)6/h7,9,15H,8,16H2,1-6H3. The summed E-state index contributed by atoms with van der Waals surface area (Å²) in [7, 11) is 0. The summed E-state index contributed by atoms with van der Waals surface area (Å²) in [4.78, 5) is 0. The average Bonchev–Trinajstić information content (AvgIpc) is 2.21. The van der Waals surface area contributed by atoms with Crippen LogP contribution in [0.5, 0.6) is 0 Å². The first kappa shape index (κ1) is 13.2. The van der Waals surface area contributed by atoms with Crippen LogP contribution in [0.3, 0.4) is 0 Å². The topological polar surface area (TPSA) is 26.0 Å². The molecule has 0 aromatic heterocycles. The van der Waals surface area contributed by atoms with Crippen molar-refractivity contribution in [3.05, 3.63) is 33.9 Å². The zero-order valence-corrected chi connectivity index (χ0v) is 11.5. The van der Waals surface area contributed by atoms with Gasteiger partial charge in [0.25, 0.3) is 0 Å². The van der Waals surface area contributed by atoms with Crippen LogP contribution in [0.25, 0.3) is 0 Å². The fraction of sp³-hybridized carbons (Fsp3) is 0.600. The van der Waals surface area contributed by atoms with Crippen molar-refractivity contribution in [1.29, 1.82) is 0 Å². The first-order chi connectivity index (χ1) is 7.34. The average molecular weight is 219 g/mol. The molecule has 0 amide bonds. The molecule has 1 rings (SSSR count). The van der Waals surface area contributed by atoms with Crippen LogP contribution in [0.4, 0.5) is 0 Å². The largest absolute Gasteiger partial charge is 0.327 e. The van der Waals surface area contributed by atoms with Crippen LogP contribution in [0.1, 0.15) is 41.7 Å². The van der Waals surface area contributed by atoms with E-state index in [-0.39, 0.29) is 6.04 Å². The Hall–Kier alpha value is -0.820. The van der Waals surface area contributed by atoms with Gasteiger partial charge in [-0.2, -0.15) is 0 Å². The molecule has 0 aliphatic rings. The van der Waals surface area contributed by atoms with Crippen molar-refractivity contribution < 1.29 is 0 Å². The highest BCUT2D eigenvalue weighted by Crippen LogP contribution is 2.23. The van der Waals surface area contributed by atoms with E-state index < -0.39 is 0 Å². The lowest BCUT2D eigenvalue weighted by Gasteiger charge is -2.21. The summed E-state index contributed by atoms with van der Waals surface area (Å²) in [6.07, 6.45) is 0.998. The van der Waals surface area contributed by atoms with Gasteiger partial charge >= 0.3 is 0 Å². The van der Waals surface area contributed by atoms with E-state index in [1.165, 1.54) is 27.8 Å². The van der Waals surface area contributed by atoms with Gasteiger partial charge in [-0.3, -0.25) is 0 Å². The minimum absolute atomic E-state index is 0.263. The number of hydrogen-bond donors (Lipinski definition) is 1. The van der Waals surface area contributed by atoms with E-state index in [1.54, 1.807) is 0 Å². The van der Waals surface area contributed by atoms with E-state index >= 15 is 0 Å². The Bertz CT molecular complexity index is 351. The van der Waals surface area contributed by atoms with Gasteiger partial charge in [0.2, 0.25) is 0 Å². The van der Waals surface area contributed by atoms with E-state index in [0.717, 1.165) is 6.42 Å². The molecular weight excluding hydrogens is 194 g/mol. The molecule has 1 atom stereocenters. The fourth-order valence-electron chi connectivity index (χ4n) is 2.08. The molecule has 0 spiro atoms. The summed E-state index contributed by atoms with van der Waals surface area (Å²) >= 11 is 0. The Labute approximate surface area is 100 Å². The van der Waals surface area contributed by atoms with Crippen LogP contribution >= 0.6 is 0 Å². The van der Waals surface area contributed by atoms with Crippen molar-refractivity contribution in [2.75, 3.05) is 0 Å². The third-order valence-corrected chi connectivity index (χ3v) is 3.82. The molecule has 90 valence electrons. The lowest BCUT2D eigenvalue weighted by molar-refractivity contribution is 0.489. The molecule has 0 fully saturated rings. The monoisotopic (exact) mass is 219 g/mol. The third-order valence-electron chi connectivity index (χ3n) is 3.82. The highest BCUT2D eigenvalue weighted by molar-refractivity contribution is 5.44. The van der Waals surface area contributed by atoms with Crippen molar-refractivity contribution in [2.24, 2.45) is 11.7 Å². The molecule has 1 aromatic rings. The second-order valence-corrected chi connectivity index (χ2v) is 5.35. The predicted octanol–water partition coefficient (Wildman–Crippen LogP) is 3.45. The highest BCUT2D eigenvalue weighted by atomic mass is 14.6. The van der Waals surface area contributed by atoms with Gasteiger partial charge < -0.3 is 5.73 Å². The summed E-state index contributed by atoms with van der Waals surface area (Å²) in [6.45, 7) is 13.2. The van der Waals surface area contributed by atoms with Crippen LogP contribution in [0.2, 0.25) is 0 Å². The maximum absolute atomic E-state index is 6.19. The first-order valence-corrected chi connectivity index (χ1v) is 6.16. The molecule has 0 bridgehead atoms. The molecule has 1 aromatic carbocycles. The van der Waals surface area contributed by atoms with Crippen molar-refractivity contribution in [2.45, 2.75) is 54.0 Å². The Balaban J connectivity index is 3.12. The molecule has 16 heavy (non-hydrogen) atoms. The quantitative estimate of drug-likeness (QED) is 0.828. The summed E-state index contributed by atoms with van der Waals surface area (Å²) < 4.78 is 0. The van der Waals surface area contributed by atoms with Crippen molar-refractivity contribution >= 4 is 0 Å². The van der Waals surface area contributed by atoms with Gasteiger partial charge in [-0.05, 0) is 67.9 Å². The molecule has 0 radical (unpaired) electrons. The summed E-state index contributed by atoms with van der Waals surface area (Å²) in [5, 5.41) is 0. The van der Waals surface area contributed by atoms with Crippen LogP contribution in [-0.2, 0) is 6.42 Å². The van der Waals surface area contributed by atoms with Gasteiger partial charge in [-0.15, -0.1) is 0 Å². The summed E-state index contributed by atoms with van der Waals surface area (Å²) in [5.74, 6) is 0.541. The van der Waals surface area contributed by atoms with Gasteiger partial charge in [0.05, 0.1) is 0 Å². The molecule has 0 heterocycles. The molecule has 1 heteroatoms. The fourth-order valence-corrected chi connectivity index (χ4v) is 2.08. The van der Waals surface area contributed by atoms with Crippen LogP contribution in [0, 0.1) is 33.6 Å². The van der Waals surface area contributed by atoms with E-state index in [0.29, 0.717) is 5.92 Å². The maximum atomic E-state index is 6.19. The Morgan fingerprint density at radius 1 is 1.00 bits per heavy atom. The van der Waals surface area contributed by atoms with E-state index in [2.05, 4.69) is 47.6 Å². The SMILES string of the molecule is Cc1cc(C)c(C)c(CC(N)C(C)C)c1C. The number of rotatable bonds is 3. The predicted molar refractivity (Wildman–Crippen MR) is 71.9 cm³/mol. The molecule has 0 aliphatic carbocycles. The molecule has 1 unspecified atom stereocenters.